The van der Waals surface area contributed by atoms with Crippen LogP contribution in [0.1, 0.15) is 16.7 Å². The second-order valence-corrected chi connectivity index (χ2v) is 4.35. The molecule has 0 aliphatic carbocycles. The monoisotopic (exact) mass is 236 g/mol. The third kappa shape index (κ3) is 5.82. The maximum atomic E-state index is 4.96. The first kappa shape index (κ1) is 14.2. The standard InChI is InChI=1S/C14H24N2O/c1-12-4-5-13(2)14(10-12)11-16-7-6-15-8-9-17-3/h4-5,10,15-16H,6-9,11H2,1-3H3. The van der Waals surface area contributed by atoms with E-state index in [2.05, 4.69) is 42.7 Å². The van der Waals surface area contributed by atoms with Crippen LogP contribution in [0.5, 0.6) is 0 Å². The molecule has 0 aromatic heterocycles. The first-order valence-corrected chi connectivity index (χ1v) is 6.20. The van der Waals surface area contributed by atoms with Crippen molar-refractivity contribution in [3.05, 3.63) is 34.9 Å². The van der Waals surface area contributed by atoms with Crippen molar-refractivity contribution in [2.45, 2.75) is 20.4 Å². The van der Waals surface area contributed by atoms with Gasteiger partial charge < -0.3 is 15.4 Å². The average Bonchev–Trinajstić information content (AvgIpc) is 2.32. The Kier molecular flexibility index (Phi) is 6.86. The maximum absolute atomic E-state index is 4.96. The first-order chi connectivity index (χ1) is 8.24. The summed E-state index contributed by atoms with van der Waals surface area (Å²) in [6.45, 7) is 8.89. The molecule has 1 rings (SSSR count). The minimum absolute atomic E-state index is 0.775. The van der Waals surface area contributed by atoms with Crippen LogP contribution in [-0.2, 0) is 11.3 Å². The van der Waals surface area contributed by atoms with E-state index in [0.29, 0.717) is 0 Å². The highest BCUT2D eigenvalue weighted by Crippen LogP contribution is 2.09. The quantitative estimate of drug-likeness (QED) is 0.673. The molecule has 1 aromatic rings. The van der Waals surface area contributed by atoms with Gasteiger partial charge in [-0.25, -0.2) is 0 Å². The molecule has 1 aromatic carbocycles. The third-order valence-corrected chi connectivity index (χ3v) is 2.78. The van der Waals surface area contributed by atoms with Crippen LogP contribution in [0.3, 0.4) is 0 Å². The van der Waals surface area contributed by atoms with Gasteiger partial charge in [0.1, 0.15) is 0 Å². The number of hydrogen-bond donors (Lipinski definition) is 2. The van der Waals surface area contributed by atoms with Crippen LogP contribution in [0.4, 0.5) is 0 Å². The van der Waals surface area contributed by atoms with Crippen LogP contribution in [0.15, 0.2) is 18.2 Å². The smallest absolute Gasteiger partial charge is 0.0587 e. The van der Waals surface area contributed by atoms with Crippen molar-refractivity contribution in [1.29, 1.82) is 0 Å². The van der Waals surface area contributed by atoms with Crippen LogP contribution >= 0.6 is 0 Å². The summed E-state index contributed by atoms with van der Waals surface area (Å²) in [5.74, 6) is 0. The molecular weight excluding hydrogens is 212 g/mol. The van der Waals surface area contributed by atoms with E-state index in [-0.39, 0.29) is 0 Å². The van der Waals surface area contributed by atoms with Crippen LogP contribution < -0.4 is 10.6 Å². The van der Waals surface area contributed by atoms with Gasteiger partial charge in [-0.1, -0.05) is 23.8 Å². The van der Waals surface area contributed by atoms with Gasteiger partial charge in [0.15, 0.2) is 0 Å². The fraction of sp³-hybridized carbons (Fsp3) is 0.571. The second-order valence-electron chi connectivity index (χ2n) is 4.35. The first-order valence-electron chi connectivity index (χ1n) is 6.20. The van der Waals surface area contributed by atoms with Crippen molar-refractivity contribution in [2.24, 2.45) is 0 Å². The Morgan fingerprint density at radius 2 is 1.82 bits per heavy atom. The van der Waals surface area contributed by atoms with Crippen molar-refractivity contribution in [3.63, 3.8) is 0 Å². The summed E-state index contributed by atoms with van der Waals surface area (Å²) < 4.78 is 4.96. The number of methoxy groups -OCH3 is 1. The SMILES string of the molecule is COCCNCCNCc1cc(C)ccc1C. The summed E-state index contributed by atoms with van der Waals surface area (Å²) in [6.07, 6.45) is 0. The predicted octanol–water partition coefficient (Wildman–Crippen LogP) is 1.63. The molecule has 3 nitrogen and oxygen atoms in total. The van der Waals surface area contributed by atoms with Gasteiger partial charge in [-0.2, -0.15) is 0 Å². The van der Waals surface area contributed by atoms with Crippen LogP contribution in [0.2, 0.25) is 0 Å². The molecule has 0 amide bonds. The number of rotatable bonds is 8. The normalized spacial score (nSPS) is 10.8. The van der Waals surface area contributed by atoms with Crippen LogP contribution in [-0.4, -0.2) is 33.4 Å². The predicted molar refractivity (Wildman–Crippen MR) is 72.4 cm³/mol. The number of benzene rings is 1. The molecule has 0 unspecified atom stereocenters. The van der Waals surface area contributed by atoms with Crippen LogP contribution in [0, 0.1) is 13.8 Å². The molecule has 0 aliphatic rings. The van der Waals surface area contributed by atoms with Gasteiger partial charge in [0.2, 0.25) is 0 Å². The molecule has 96 valence electrons. The maximum Gasteiger partial charge on any atom is 0.0587 e. The molecule has 17 heavy (non-hydrogen) atoms. The zero-order chi connectivity index (χ0) is 12.5. The zero-order valence-corrected chi connectivity index (χ0v) is 11.2. The summed E-state index contributed by atoms with van der Waals surface area (Å²) in [7, 11) is 1.72. The summed E-state index contributed by atoms with van der Waals surface area (Å²) in [4.78, 5) is 0. The molecule has 0 aliphatic heterocycles. The minimum atomic E-state index is 0.775. The lowest BCUT2D eigenvalue weighted by molar-refractivity contribution is 0.199. The molecular formula is C14H24N2O. The molecule has 0 heterocycles. The Morgan fingerprint density at radius 1 is 1.06 bits per heavy atom. The Morgan fingerprint density at radius 3 is 2.59 bits per heavy atom. The van der Waals surface area contributed by atoms with E-state index in [1.807, 2.05) is 0 Å². The second kappa shape index (κ2) is 8.23. The summed E-state index contributed by atoms with van der Waals surface area (Å²) in [6, 6.07) is 6.59. The fourth-order valence-electron chi connectivity index (χ4n) is 1.69. The lowest BCUT2D eigenvalue weighted by Crippen LogP contribution is -2.29. The molecule has 0 spiro atoms. The van der Waals surface area contributed by atoms with E-state index in [1.165, 1.54) is 16.7 Å². The largest absolute Gasteiger partial charge is 0.383 e. The van der Waals surface area contributed by atoms with Gasteiger partial charge in [-0.05, 0) is 25.0 Å². The molecule has 2 N–H and O–H groups in total. The molecule has 0 saturated carbocycles. The number of nitrogens with one attached hydrogen (secondary N) is 2. The van der Waals surface area contributed by atoms with E-state index in [1.54, 1.807) is 7.11 Å². The summed E-state index contributed by atoms with van der Waals surface area (Å²) in [5, 5.41) is 6.75. The van der Waals surface area contributed by atoms with E-state index in [0.717, 1.165) is 32.8 Å². The highest BCUT2D eigenvalue weighted by Gasteiger charge is 1.97. The highest BCUT2D eigenvalue weighted by molar-refractivity contribution is 5.30. The van der Waals surface area contributed by atoms with Gasteiger partial charge in [-0.15, -0.1) is 0 Å². The van der Waals surface area contributed by atoms with Gasteiger partial charge in [0, 0.05) is 33.3 Å². The fourth-order valence-corrected chi connectivity index (χ4v) is 1.69. The van der Waals surface area contributed by atoms with Gasteiger partial charge >= 0.3 is 0 Å². The molecule has 0 bridgehead atoms. The van der Waals surface area contributed by atoms with Crippen molar-refractivity contribution in [3.8, 4) is 0 Å². The number of aryl methyl sites for hydroxylation is 2. The topological polar surface area (TPSA) is 33.3 Å². The van der Waals surface area contributed by atoms with Crippen molar-refractivity contribution in [2.75, 3.05) is 33.4 Å². The zero-order valence-electron chi connectivity index (χ0n) is 11.2. The molecule has 0 atom stereocenters. The Hall–Kier alpha value is -0.900. The Balaban J connectivity index is 2.15. The molecule has 3 heteroatoms. The number of hydrogen-bond acceptors (Lipinski definition) is 3. The van der Waals surface area contributed by atoms with Crippen LogP contribution in [0.25, 0.3) is 0 Å². The van der Waals surface area contributed by atoms with E-state index >= 15 is 0 Å². The Labute approximate surface area is 105 Å². The minimum Gasteiger partial charge on any atom is -0.383 e. The van der Waals surface area contributed by atoms with Gasteiger partial charge in [-0.3, -0.25) is 0 Å². The summed E-state index contributed by atoms with van der Waals surface area (Å²) in [5.41, 5.74) is 4.07. The van der Waals surface area contributed by atoms with Gasteiger partial charge in [0.05, 0.1) is 6.61 Å². The lowest BCUT2D eigenvalue weighted by Gasteiger charge is -2.09. The van der Waals surface area contributed by atoms with Crippen molar-refractivity contribution in [1.82, 2.24) is 10.6 Å². The van der Waals surface area contributed by atoms with Crippen molar-refractivity contribution < 1.29 is 4.74 Å². The van der Waals surface area contributed by atoms with E-state index in [9.17, 15) is 0 Å². The lowest BCUT2D eigenvalue weighted by atomic mass is 10.1. The number of ether oxygens (including phenoxy) is 1. The van der Waals surface area contributed by atoms with E-state index < -0.39 is 0 Å². The molecule has 0 fully saturated rings. The average molecular weight is 236 g/mol. The highest BCUT2D eigenvalue weighted by atomic mass is 16.5. The third-order valence-electron chi connectivity index (χ3n) is 2.78. The molecule has 0 radical (unpaired) electrons. The van der Waals surface area contributed by atoms with Gasteiger partial charge in [0.25, 0.3) is 0 Å². The van der Waals surface area contributed by atoms with E-state index in [4.69, 9.17) is 4.74 Å². The summed E-state index contributed by atoms with van der Waals surface area (Å²) >= 11 is 0. The Bertz CT molecular complexity index is 326. The van der Waals surface area contributed by atoms with Crippen molar-refractivity contribution >= 4 is 0 Å². The molecule has 0 saturated heterocycles.